The number of thioether (sulfide) groups is 1. The molecule has 3 atom stereocenters. The van der Waals surface area contributed by atoms with E-state index in [1.807, 2.05) is 0 Å². The van der Waals surface area contributed by atoms with E-state index >= 15 is 0 Å². The zero-order valence-corrected chi connectivity index (χ0v) is 8.99. The van der Waals surface area contributed by atoms with E-state index in [1.165, 1.54) is 12.8 Å². The third-order valence-corrected chi connectivity index (χ3v) is 4.73. The minimum absolute atomic E-state index is 0.502. The van der Waals surface area contributed by atoms with Crippen LogP contribution < -0.4 is 0 Å². The first kappa shape index (κ1) is 8.89. The van der Waals surface area contributed by atoms with Gasteiger partial charge >= 0.3 is 0 Å². The van der Waals surface area contributed by atoms with Gasteiger partial charge in [0.1, 0.15) is 0 Å². The molecule has 0 spiro atoms. The van der Waals surface area contributed by atoms with Gasteiger partial charge in [0.15, 0.2) is 0 Å². The molecule has 0 amide bonds. The van der Waals surface area contributed by atoms with Crippen LogP contribution in [0.4, 0.5) is 0 Å². The third-order valence-electron chi connectivity index (χ3n) is 2.97. The fourth-order valence-corrected chi connectivity index (χ4v) is 3.11. The molecule has 2 rings (SSSR count). The van der Waals surface area contributed by atoms with Gasteiger partial charge in [-0.1, -0.05) is 6.92 Å². The van der Waals surface area contributed by atoms with E-state index in [9.17, 15) is 0 Å². The lowest BCUT2D eigenvalue weighted by Crippen LogP contribution is -2.31. The van der Waals surface area contributed by atoms with Gasteiger partial charge in [-0.05, 0) is 32.6 Å². The Morgan fingerprint density at radius 2 is 2.08 bits per heavy atom. The SMILES string of the molecule is C[C@@H]1CCO[C@@H](C2SC2(C)C)C1. The van der Waals surface area contributed by atoms with Crippen LogP contribution in [0.3, 0.4) is 0 Å². The summed E-state index contributed by atoms with van der Waals surface area (Å²) in [6.45, 7) is 7.98. The van der Waals surface area contributed by atoms with Gasteiger partial charge < -0.3 is 4.74 Å². The Balaban J connectivity index is 1.89. The molecule has 70 valence electrons. The van der Waals surface area contributed by atoms with Crippen molar-refractivity contribution in [3.05, 3.63) is 0 Å². The molecule has 0 aromatic heterocycles. The van der Waals surface area contributed by atoms with Crippen molar-refractivity contribution in [2.24, 2.45) is 5.92 Å². The zero-order valence-electron chi connectivity index (χ0n) is 8.17. The summed E-state index contributed by atoms with van der Waals surface area (Å²) in [7, 11) is 0. The Hall–Kier alpha value is 0.310. The van der Waals surface area contributed by atoms with Crippen LogP contribution in [-0.2, 0) is 4.74 Å². The highest BCUT2D eigenvalue weighted by Gasteiger charge is 2.52. The average molecular weight is 186 g/mol. The highest BCUT2D eigenvalue weighted by molar-refractivity contribution is 8.08. The molecule has 0 saturated carbocycles. The maximum absolute atomic E-state index is 5.79. The van der Waals surface area contributed by atoms with E-state index in [-0.39, 0.29) is 0 Å². The van der Waals surface area contributed by atoms with Crippen molar-refractivity contribution in [3.8, 4) is 0 Å². The van der Waals surface area contributed by atoms with Gasteiger partial charge in [-0.3, -0.25) is 0 Å². The molecule has 2 fully saturated rings. The lowest BCUT2D eigenvalue weighted by atomic mass is 9.93. The van der Waals surface area contributed by atoms with E-state index in [0.717, 1.165) is 17.8 Å². The van der Waals surface area contributed by atoms with Crippen molar-refractivity contribution in [1.29, 1.82) is 0 Å². The molecule has 0 aromatic carbocycles. The van der Waals surface area contributed by atoms with Crippen molar-refractivity contribution in [3.63, 3.8) is 0 Å². The van der Waals surface area contributed by atoms with Gasteiger partial charge in [-0.25, -0.2) is 0 Å². The first-order valence-corrected chi connectivity index (χ1v) is 5.77. The molecular weight excluding hydrogens is 168 g/mol. The van der Waals surface area contributed by atoms with Crippen LogP contribution >= 0.6 is 11.8 Å². The van der Waals surface area contributed by atoms with Crippen molar-refractivity contribution in [1.82, 2.24) is 0 Å². The Kier molecular flexibility index (Phi) is 2.16. The zero-order chi connectivity index (χ0) is 8.77. The number of hydrogen-bond acceptors (Lipinski definition) is 2. The quantitative estimate of drug-likeness (QED) is 0.582. The second-order valence-corrected chi connectivity index (χ2v) is 6.48. The summed E-state index contributed by atoms with van der Waals surface area (Å²) in [4.78, 5) is 0. The summed E-state index contributed by atoms with van der Waals surface area (Å²) in [6, 6.07) is 0. The summed E-state index contributed by atoms with van der Waals surface area (Å²) in [6.07, 6.45) is 3.09. The molecule has 12 heavy (non-hydrogen) atoms. The molecule has 2 saturated heterocycles. The summed E-state index contributed by atoms with van der Waals surface area (Å²) in [5, 5.41) is 0.778. The fourth-order valence-electron chi connectivity index (χ4n) is 2.03. The molecule has 0 bridgehead atoms. The summed E-state index contributed by atoms with van der Waals surface area (Å²) < 4.78 is 6.29. The van der Waals surface area contributed by atoms with Crippen molar-refractivity contribution < 1.29 is 4.74 Å². The molecular formula is C10H18OS. The normalized spacial score (nSPS) is 45.8. The molecule has 2 heteroatoms. The van der Waals surface area contributed by atoms with Gasteiger partial charge in [0.25, 0.3) is 0 Å². The fraction of sp³-hybridized carbons (Fsp3) is 1.00. The number of rotatable bonds is 1. The van der Waals surface area contributed by atoms with Gasteiger partial charge in [0.05, 0.1) is 6.10 Å². The van der Waals surface area contributed by atoms with Crippen molar-refractivity contribution in [2.75, 3.05) is 6.61 Å². The Labute approximate surface area is 79.2 Å². The van der Waals surface area contributed by atoms with E-state index in [1.54, 1.807) is 0 Å². The molecule has 0 aromatic rings. The highest BCUT2D eigenvalue weighted by Crippen LogP contribution is 2.56. The maximum atomic E-state index is 5.79. The van der Waals surface area contributed by atoms with Crippen LogP contribution in [0, 0.1) is 5.92 Å². The lowest BCUT2D eigenvalue weighted by molar-refractivity contribution is -0.00343. The minimum Gasteiger partial charge on any atom is -0.377 e. The molecule has 0 aliphatic carbocycles. The second kappa shape index (κ2) is 2.91. The molecule has 2 heterocycles. The average Bonchev–Trinajstić information content (AvgIpc) is 2.60. The first-order chi connectivity index (χ1) is 5.59. The molecule has 1 unspecified atom stereocenters. The van der Waals surface area contributed by atoms with Crippen LogP contribution in [-0.4, -0.2) is 22.7 Å². The van der Waals surface area contributed by atoms with Crippen LogP contribution in [0.5, 0.6) is 0 Å². The molecule has 2 aliphatic rings. The van der Waals surface area contributed by atoms with E-state index in [4.69, 9.17) is 4.74 Å². The standard InChI is InChI=1S/C10H18OS/c1-7-4-5-11-8(6-7)9-10(2,3)12-9/h7-9H,4-6H2,1-3H3/t7-,8-,9?/m1/s1. The Morgan fingerprint density at radius 1 is 1.42 bits per heavy atom. The van der Waals surface area contributed by atoms with Crippen molar-refractivity contribution >= 4 is 11.8 Å². The van der Waals surface area contributed by atoms with Gasteiger partial charge in [0.2, 0.25) is 0 Å². The second-order valence-electron chi connectivity index (χ2n) is 4.68. The smallest absolute Gasteiger partial charge is 0.0709 e. The third kappa shape index (κ3) is 1.64. The maximum Gasteiger partial charge on any atom is 0.0709 e. The summed E-state index contributed by atoms with van der Waals surface area (Å²) in [5.41, 5.74) is 0. The van der Waals surface area contributed by atoms with E-state index in [2.05, 4.69) is 32.5 Å². The monoisotopic (exact) mass is 186 g/mol. The topological polar surface area (TPSA) is 9.23 Å². The van der Waals surface area contributed by atoms with Crippen LogP contribution in [0.2, 0.25) is 0 Å². The van der Waals surface area contributed by atoms with E-state index in [0.29, 0.717) is 10.9 Å². The number of ether oxygens (including phenoxy) is 1. The largest absolute Gasteiger partial charge is 0.377 e. The molecule has 0 N–H and O–H groups in total. The molecule has 0 radical (unpaired) electrons. The van der Waals surface area contributed by atoms with Crippen molar-refractivity contribution in [2.45, 2.75) is 49.7 Å². The first-order valence-electron chi connectivity index (χ1n) is 4.89. The lowest BCUT2D eigenvalue weighted by Gasteiger charge is -2.27. The number of hydrogen-bond donors (Lipinski definition) is 0. The van der Waals surface area contributed by atoms with Crippen LogP contribution in [0.15, 0.2) is 0 Å². The predicted octanol–water partition coefficient (Wildman–Crippen LogP) is 2.70. The molecule has 1 nitrogen and oxygen atoms in total. The Morgan fingerprint density at radius 3 is 2.58 bits per heavy atom. The van der Waals surface area contributed by atoms with Gasteiger partial charge in [-0.2, -0.15) is 0 Å². The van der Waals surface area contributed by atoms with Gasteiger partial charge in [0, 0.05) is 16.6 Å². The minimum atomic E-state index is 0.502. The van der Waals surface area contributed by atoms with Gasteiger partial charge in [-0.15, -0.1) is 11.8 Å². The van der Waals surface area contributed by atoms with E-state index < -0.39 is 0 Å². The highest BCUT2D eigenvalue weighted by atomic mass is 32.2. The summed E-state index contributed by atoms with van der Waals surface area (Å²) >= 11 is 2.08. The van der Waals surface area contributed by atoms with Crippen LogP contribution in [0.25, 0.3) is 0 Å². The Bertz CT molecular complexity index is 179. The molecule has 2 aliphatic heterocycles. The predicted molar refractivity (Wildman–Crippen MR) is 53.6 cm³/mol. The summed E-state index contributed by atoms with van der Waals surface area (Å²) in [5.74, 6) is 0.876. The van der Waals surface area contributed by atoms with Crippen LogP contribution in [0.1, 0.15) is 33.6 Å².